The largest absolute Gasteiger partial charge is 0.179 e. The van der Waals surface area contributed by atoms with Crippen molar-refractivity contribution in [2.24, 2.45) is 41.4 Å². The van der Waals surface area contributed by atoms with Gasteiger partial charge in [-0.05, 0) is 97.9 Å². The Morgan fingerprint density at radius 2 is 1.63 bits per heavy atom. The number of hydrogen-bond donors (Lipinski definition) is 3. The van der Waals surface area contributed by atoms with Gasteiger partial charge in [0.25, 0.3) is 0 Å². The molecule has 4 heteroatoms. The molecule has 0 amide bonds. The minimum absolute atomic E-state index is 0.454. The van der Waals surface area contributed by atoms with Crippen molar-refractivity contribution in [1.29, 1.82) is 0 Å². The molecule has 0 aromatic heterocycles. The molecule has 4 rings (SSSR count). The first kappa shape index (κ1) is 21.6. The molecule has 3 aliphatic carbocycles. The van der Waals surface area contributed by atoms with Crippen LogP contribution in [0.25, 0.3) is 0 Å². The van der Waals surface area contributed by atoms with Gasteiger partial charge in [-0.25, -0.2) is 0 Å². The van der Waals surface area contributed by atoms with E-state index >= 15 is 0 Å². The van der Waals surface area contributed by atoms with Gasteiger partial charge in [-0.2, -0.15) is 49.6 Å². The lowest BCUT2D eigenvalue weighted by Crippen LogP contribution is -2.46. The van der Waals surface area contributed by atoms with Gasteiger partial charge in [0.05, 0.1) is 0 Å². The maximum absolute atomic E-state index is 5.15. The van der Waals surface area contributed by atoms with Crippen molar-refractivity contribution in [1.82, 2.24) is 0 Å². The summed E-state index contributed by atoms with van der Waals surface area (Å²) in [7, 11) is 0. The lowest BCUT2D eigenvalue weighted by molar-refractivity contribution is 0.0357. The summed E-state index contributed by atoms with van der Waals surface area (Å²) in [5.41, 5.74) is 0. The molecule has 10 atom stereocenters. The van der Waals surface area contributed by atoms with Gasteiger partial charge >= 0.3 is 0 Å². The molecule has 0 aromatic rings. The van der Waals surface area contributed by atoms with E-state index < -0.39 is 0 Å². The van der Waals surface area contributed by atoms with Gasteiger partial charge in [-0.1, -0.05) is 26.2 Å². The van der Waals surface area contributed by atoms with Crippen LogP contribution in [0.4, 0.5) is 0 Å². The average Bonchev–Trinajstić information content (AvgIpc) is 3.12. The Morgan fingerprint density at radius 1 is 0.852 bits per heavy atom. The van der Waals surface area contributed by atoms with Crippen molar-refractivity contribution in [2.45, 2.75) is 86.9 Å². The number of thiol groups is 3. The second kappa shape index (κ2) is 9.69. The Bertz CT molecular complexity index is 481. The van der Waals surface area contributed by atoms with Crippen molar-refractivity contribution in [3.8, 4) is 0 Å². The standard InChI is InChI=1S/C23H40S4/c1-14(25)16(12-24)7-11-22(26)20-10-9-19-18-8-6-15-4-2-3-5-17(15)21(18)13-27-23(19)20/h14-26H,2-13H2,1H3. The van der Waals surface area contributed by atoms with E-state index in [0.717, 1.165) is 46.5 Å². The molecule has 1 saturated heterocycles. The predicted octanol–water partition coefficient (Wildman–Crippen LogP) is 6.90. The fourth-order valence-electron chi connectivity index (χ4n) is 7.33. The fraction of sp³-hybridized carbons (Fsp3) is 1.00. The lowest BCUT2D eigenvalue weighted by atomic mass is 9.59. The zero-order chi connectivity index (χ0) is 19.0. The highest BCUT2D eigenvalue weighted by atomic mass is 32.2. The van der Waals surface area contributed by atoms with Crippen molar-refractivity contribution < 1.29 is 0 Å². The van der Waals surface area contributed by atoms with Crippen LogP contribution in [0.1, 0.15) is 71.1 Å². The minimum Gasteiger partial charge on any atom is -0.179 e. The van der Waals surface area contributed by atoms with Crippen LogP contribution in [0.3, 0.4) is 0 Å². The van der Waals surface area contributed by atoms with Gasteiger partial charge in [-0.3, -0.25) is 0 Å². The van der Waals surface area contributed by atoms with Crippen molar-refractivity contribution in [3.63, 3.8) is 0 Å². The van der Waals surface area contributed by atoms with E-state index in [4.69, 9.17) is 12.6 Å². The van der Waals surface area contributed by atoms with Crippen molar-refractivity contribution in [3.05, 3.63) is 0 Å². The van der Waals surface area contributed by atoms with Crippen LogP contribution in [-0.2, 0) is 0 Å². The second-order valence-electron chi connectivity index (χ2n) is 10.1. The molecule has 0 radical (unpaired) electrons. The summed E-state index contributed by atoms with van der Waals surface area (Å²) in [5.74, 6) is 9.23. The molecule has 3 saturated carbocycles. The molecule has 4 fully saturated rings. The summed E-state index contributed by atoms with van der Waals surface area (Å²) in [6, 6.07) is 0. The Balaban J connectivity index is 1.36. The first-order valence-corrected chi connectivity index (χ1v) is 14.4. The molecule has 156 valence electrons. The van der Waals surface area contributed by atoms with Crippen LogP contribution in [0.2, 0.25) is 0 Å². The first-order valence-electron chi connectivity index (χ1n) is 11.7. The topological polar surface area (TPSA) is 0 Å². The Hall–Kier alpha value is 1.40. The third-order valence-corrected chi connectivity index (χ3v) is 12.1. The molecule has 27 heavy (non-hydrogen) atoms. The Morgan fingerprint density at radius 3 is 2.41 bits per heavy atom. The maximum Gasteiger partial charge on any atom is 0.0117 e. The van der Waals surface area contributed by atoms with Crippen LogP contribution in [0.5, 0.6) is 0 Å². The highest BCUT2D eigenvalue weighted by Gasteiger charge is 2.52. The quantitative estimate of drug-likeness (QED) is 0.374. The molecule has 0 aromatic carbocycles. The highest BCUT2D eigenvalue weighted by Crippen LogP contribution is 2.59. The molecule has 4 aliphatic rings. The second-order valence-corrected chi connectivity index (χ2v) is 13.2. The van der Waals surface area contributed by atoms with Gasteiger partial charge in [-0.15, -0.1) is 0 Å². The molecule has 0 nitrogen and oxygen atoms in total. The third-order valence-electron chi connectivity index (χ3n) is 8.89. The number of hydrogen-bond acceptors (Lipinski definition) is 4. The van der Waals surface area contributed by atoms with Gasteiger partial charge in [0.15, 0.2) is 0 Å². The molecule has 10 unspecified atom stereocenters. The number of fused-ring (bicyclic) bond motifs is 5. The van der Waals surface area contributed by atoms with E-state index in [1.165, 1.54) is 44.3 Å². The summed E-state index contributed by atoms with van der Waals surface area (Å²) in [6.45, 7) is 2.22. The van der Waals surface area contributed by atoms with E-state index in [0.29, 0.717) is 16.4 Å². The summed E-state index contributed by atoms with van der Waals surface area (Å²) in [6.07, 6.45) is 14.7. The van der Waals surface area contributed by atoms with Crippen LogP contribution in [-0.4, -0.2) is 27.3 Å². The summed E-state index contributed by atoms with van der Waals surface area (Å²) < 4.78 is 0. The smallest absolute Gasteiger partial charge is 0.0117 e. The van der Waals surface area contributed by atoms with Crippen molar-refractivity contribution in [2.75, 3.05) is 11.5 Å². The maximum atomic E-state index is 5.15. The average molecular weight is 445 g/mol. The summed E-state index contributed by atoms with van der Waals surface area (Å²) >= 11 is 16.8. The third kappa shape index (κ3) is 4.54. The van der Waals surface area contributed by atoms with E-state index in [1.54, 1.807) is 25.7 Å². The Kier molecular flexibility index (Phi) is 7.76. The van der Waals surface area contributed by atoms with Gasteiger partial charge in [0.2, 0.25) is 0 Å². The normalized spacial score (nSPS) is 44.7. The predicted molar refractivity (Wildman–Crippen MR) is 132 cm³/mol. The van der Waals surface area contributed by atoms with Crippen LogP contribution in [0.15, 0.2) is 0 Å². The molecule has 0 spiro atoms. The monoisotopic (exact) mass is 444 g/mol. The zero-order valence-corrected chi connectivity index (χ0v) is 20.5. The first-order chi connectivity index (χ1) is 13.1. The summed E-state index contributed by atoms with van der Waals surface area (Å²) in [5, 5.41) is 1.95. The van der Waals surface area contributed by atoms with E-state index in [9.17, 15) is 0 Å². The molecular weight excluding hydrogens is 405 g/mol. The fourth-order valence-corrected chi connectivity index (χ4v) is 10.9. The van der Waals surface area contributed by atoms with E-state index in [-0.39, 0.29) is 0 Å². The molecule has 0 N–H and O–H groups in total. The zero-order valence-electron chi connectivity index (χ0n) is 17.0. The SMILES string of the molecule is CC(S)C(CS)CCC(S)C1CCC2C3CCC4CCCCC4C3CSC12. The van der Waals surface area contributed by atoms with E-state index in [1.807, 2.05) is 0 Å². The van der Waals surface area contributed by atoms with Gasteiger partial charge < -0.3 is 0 Å². The molecule has 1 aliphatic heterocycles. The molecule has 0 bridgehead atoms. The lowest BCUT2D eigenvalue weighted by Gasteiger charge is -2.52. The van der Waals surface area contributed by atoms with Crippen LogP contribution in [0, 0.1) is 41.4 Å². The minimum atomic E-state index is 0.454. The molecular formula is C23H40S4. The van der Waals surface area contributed by atoms with E-state index in [2.05, 4.69) is 43.9 Å². The Labute approximate surface area is 188 Å². The van der Waals surface area contributed by atoms with Gasteiger partial charge in [0.1, 0.15) is 0 Å². The number of rotatable bonds is 6. The van der Waals surface area contributed by atoms with Gasteiger partial charge in [0, 0.05) is 15.7 Å². The van der Waals surface area contributed by atoms with Crippen molar-refractivity contribution >= 4 is 49.6 Å². The summed E-state index contributed by atoms with van der Waals surface area (Å²) in [4.78, 5) is 0. The number of thioether (sulfide) groups is 1. The van der Waals surface area contributed by atoms with Crippen LogP contribution < -0.4 is 0 Å². The highest BCUT2D eigenvalue weighted by molar-refractivity contribution is 8.00. The van der Waals surface area contributed by atoms with Crippen LogP contribution >= 0.6 is 49.6 Å². The molecule has 1 heterocycles.